The van der Waals surface area contributed by atoms with Crippen molar-refractivity contribution in [2.45, 2.75) is 18.4 Å². The standard InChI is InChI=1S/C6H10F3NO2/c7-6(8,9)5-3-11-2-4(1-10)12-5/h4-5H,1-3,10H2. The fourth-order valence-corrected chi connectivity index (χ4v) is 0.913. The first kappa shape index (κ1) is 9.76. The van der Waals surface area contributed by atoms with Gasteiger partial charge in [0.05, 0.1) is 19.3 Å². The fraction of sp³-hybridized carbons (Fsp3) is 1.00. The second kappa shape index (κ2) is 3.59. The molecule has 2 atom stereocenters. The lowest BCUT2D eigenvalue weighted by atomic mass is 10.3. The molecule has 1 aliphatic heterocycles. The van der Waals surface area contributed by atoms with Crippen LogP contribution in [0.4, 0.5) is 13.2 Å². The SMILES string of the molecule is NCC1COCC(C(F)(F)F)O1. The van der Waals surface area contributed by atoms with Crippen molar-refractivity contribution in [1.29, 1.82) is 0 Å². The monoisotopic (exact) mass is 185 g/mol. The topological polar surface area (TPSA) is 44.5 Å². The predicted octanol–water partition coefficient (Wildman–Crippen LogP) is 0.291. The zero-order chi connectivity index (χ0) is 9.19. The van der Waals surface area contributed by atoms with Gasteiger partial charge in [-0.3, -0.25) is 0 Å². The molecule has 1 saturated heterocycles. The summed E-state index contributed by atoms with van der Waals surface area (Å²) in [5.74, 6) is 0. The molecular formula is C6H10F3NO2. The van der Waals surface area contributed by atoms with Gasteiger partial charge < -0.3 is 15.2 Å². The Morgan fingerprint density at radius 1 is 1.33 bits per heavy atom. The minimum atomic E-state index is -4.35. The van der Waals surface area contributed by atoms with Crippen molar-refractivity contribution in [1.82, 2.24) is 0 Å². The Hall–Kier alpha value is -0.330. The van der Waals surface area contributed by atoms with Crippen LogP contribution in [0.5, 0.6) is 0 Å². The molecule has 0 amide bonds. The van der Waals surface area contributed by atoms with Crippen LogP contribution in [0.2, 0.25) is 0 Å². The molecule has 1 fully saturated rings. The summed E-state index contributed by atoms with van der Waals surface area (Å²) in [6.45, 7) is -0.240. The van der Waals surface area contributed by atoms with E-state index in [1.165, 1.54) is 0 Å². The third kappa shape index (κ3) is 2.33. The molecule has 2 N–H and O–H groups in total. The van der Waals surface area contributed by atoms with E-state index >= 15 is 0 Å². The van der Waals surface area contributed by atoms with Gasteiger partial charge in [0.2, 0.25) is 0 Å². The van der Waals surface area contributed by atoms with Crippen LogP contribution in [0, 0.1) is 0 Å². The number of hydrogen-bond donors (Lipinski definition) is 1. The summed E-state index contributed by atoms with van der Waals surface area (Å²) in [5, 5.41) is 0. The molecule has 0 spiro atoms. The lowest BCUT2D eigenvalue weighted by Crippen LogP contribution is -2.47. The average Bonchev–Trinajstić information content (AvgIpc) is 2.03. The fourth-order valence-electron chi connectivity index (χ4n) is 0.913. The van der Waals surface area contributed by atoms with Crippen molar-refractivity contribution in [2.24, 2.45) is 5.73 Å². The first-order valence-corrected chi connectivity index (χ1v) is 3.54. The molecule has 0 bridgehead atoms. The Morgan fingerprint density at radius 2 is 2.00 bits per heavy atom. The van der Waals surface area contributed by atoms with Crippen molar-refractivity contribution < 1.29 is 22.6 Å². The van der Waals surface area contributed by atoms with Crippen LogP contribution in [-0.2, 0) is 9.47 Å². The maximum absolute atomic E-state index is 12.0. The number of rotatable bonds is 1. The third-order valence-corrected chi connectivity index (χ3v) is 1.56. The van der Waals surface area contributed by atoms with Crippen LogP contribution in [0.3, 0.4) is 0 Å². The first-order chi connectivity index (χ1) is 5.54. The summed E-state index contributed by atoms with van der Waals surface area (Å²) in [4.78, 5) is 0. The average molecular weight is 185 g/mol. The molecule has 0 aromatic carbocycles. The Balaban J connectivity index is 2.46. The van der Waals surface area contributed by atoms with Gasteiger partial charge in [-0.2, -0.15) is 13.2 Å². The molecule has 0 aromatic heterocycles. The van der Waals surface area contributed by atoms with Crippen molar-refractivity contribution in [3.05, 3.63) is 0 Å². The summed E-state index contributed by atoms with van der Waals surface area (Å²) in [6, 6.07) is 0. The Kier molecular flexibility index (Phi) is 2.92. The lowest BCUT2D eigenvalue weighted by molar-refractivity contribution is -0.271. The molecule has 6 heteroatoms. The highest BCUT2D eigenvalue weighted by molar-refractivity contribution is 4.74. The van der Waals surface area contributed by atoms with E-state index in [9.17, 15) is 13.2 Å². The summed E-state index contributed by atoms with van der Waals surface area (Å²) >= 11 is 0. The molecule has 1 aliphatic rings. The molecule has 72 valence electrons. The molecule has 1 rings (SSSR count). The van der Waals surface area contributed by atoms with Crippen molar-refractivity contribution in [3.8, 4) is 0 Å². The second-order valence-corrected chi connectivity index (χ2v) is 2.56. The van der Waals surface area contributed by atoms with Crippen molar-refractivity contribution in [3.63, 3.8) is 0 Å². The van der Waals surface area contributed by atoms with E-state index in [0.29, 0.717) is 0 Å². The highest BCUT2D eigenvalue weighted by Gasteiger charge is 2.44. The van der Waals surface area contributed by atoms with E-state index in [4.69, 9.17) is 5.73 Å². The van der Waals surface area contributed by atoms with Gasteiger partial charge in [0.15, 0.2) is 6.10 Å². The zero-order valence-electron chi connectivity index (χ0n) is 6.30. The van der Waals surface area contributed by atoms with Gasteiger partial charge in [0.25, 0.3) is 0 Å². The van der Waals surface area contributed by atoms with Gasteiger partial charge in [0.1, 0.15) is 0 Å². The van der Waals surface area contributed by atoms with Crippen molar-refractivity contribution in [2.75, 3.05) is 19.8 Å². The molecule has 12 heavy (non-hydrogen) atoms. The van der Waals surface area contributed by atoms with Gasteiger partial charge in [-0.05, 0) is 0 Å². The predicted molar refractivity (Wildman–Crippen MR) is 34.6 cm³/mol. The van der Waals surface area contributed by atoms with Gasteiger partial charge in [0, 0.05) is 6.54 Å². The Morgan fingerprint density at radius 3 is 2.50 bits per heavy atom. The molecule has 0 saturated carbocycles. The molecule has 0 aliphatic carbocycles. The number of ether oxygens (including phenoxy) is 2. The van der Waals surface area contributed by atoms with Crippen LogP contribution >= 0.6 is 0 Å². The van der Waals surface area contributed by atoms with Crippen LogP contribution in [-0.4, -0.2) is 38.1 Å². The van der Waals surface area contributed by atoms with E-state index in [1.54, 1.807) is 0 Å². The minimum Gasteiger partial charge on any atom is -0.376 e. The number of hydrogen-bond acceptors (Lipinski definition) is 3. The quantitative estimate of drug-likeness (QED) is 0.638. The maximum atomic E-state index is 12.0. The Bertz CT molecular complexity index is 150. The largest absolute Gasteiger partial charge is 0.416 e. The van der Waals surface area contributed by atoms with Crippen molar-refractivity contribution >= 4 is 0 Å². The molecule has 1 heterocycles. The third-order valence-electron chi connectivity index (χ3n) is 1.56. The molecular weight excluding hydrogens is 175 g/mol. The van der Waals surface area contributed by atoms with Crippen LogP contribution in [0.15, 0.2) is 0 Å². The smallest absolute Gasteiger partial charge is 0.376 e. The molecule has 3 nitrogen and oxygen atoms in total. The lowest BCUT2D eigenvalue weighted by Gasteiger charge is -2.30. The molecule has 0 aromatic rings. The van der Waals surface area contributed by atoms with Gasteiger partial charge in [-0.1, -0.05) is 0 Å². The Labute approximate surface area is 67.6 Å². The number of halogens is 3. The van der Waals surface area contributed by atoms with E-state index in [-0.39, 0.29) is 13.2 Å². The molecule has 2 unspecified atom stereocenters. The van der Waals surface area contributed by atoms with Crippen LogP contribution in [0.1, 0.15) is 0 Å². The minimum absolute atomic E-state index is 0.0482. The summed E-state index contributed by atoms with van der Waals surface area (Å²) < 4.78 is 45.3. The van der Waals surface area contributed by atoms with E-state index in [1.807, 2.05) is 0 Å². The van der Waals surface area contributed by atoms with Crippen LogP contribution in [0.25, 0.3) is 0 Å². The highest BCUT2D eigenvalue weighted by atomic mass is 19.4. The summed E-state index contributed by atoms with van der Waals surface area (Å²) in [5.41, 5.74) is 5.14. The van der Waals surface area contributed by atoms with Gasteiger partial charge >= 0.3 is 6.18 Å². The highest BCUT2D eigenvalue weighted by Crippen LogP contribution is 2.26. The summed E-state index contributed by atoms with van der Waals surface area (Å²) in [7, 11) is 0. The first-order valence-electron chi connectivity index (χ1n) is 3.54. The second-order valence-electron chi connectivity index (χ2n) is 2.56. The molecule has 0 radical (unpaired) electrons. The van der Waals surface area contributed by atoms with Crippen LogP contribution < -0.4 is 5.73 Å². The normalized spacial score (nSPS) is 32.0. The number of nitrogens with two attached hydrogens (primary N) is 1. The van der Waals surface area contributed by atoms with E-state index < -0.39 is 25.0 Å². The zero-order valence-corrected chi connectivity index (χ0v) is 6.30. The maximum Gasteiger partial charge on any atom is 0.416 e. The van der Waals surface area contributed by atoms with E-state index in [0.717, 1.165) is 0 Å². The number of alkyl halides is 3. The van der Waals surface area contributed by atoms with Gasteiger partial charge in [-0.15, -0.1) is 0 Å². The summed E-state index contributed by atoms with van der Waals surface area (Å²) in [6.07, 6.45) is -6.81. The van der Waals surface area contributed by atoms with E-state index in [2.05, 4.69) is 9.47 Å². The van der Waals surface area contributed by atoms with Gasteiger partial charge in [-0.25, -0.2) is 0 Å².